The maximum atomic E-state index is 13.2. The molecule has 1 atom stereocenters. The van der Waals surface area contributed by atoms with Gasteiger partial charge in [0.05, 0.1) is 23.7 Å². The molecule has 198 valence electrons. The van der Waals surface area contributed by atoms with Crippen LogP contribution < -0.4 is 5.32 Å². The Morgan fingerprint density at radius 1 is 0.868 bits per heavy atom. The zero-order chi connectivity index (χ0) is 27.5. The molecule has 38 heavy (non-hydrogen) atoms. The van der Waals surface area contributed by atoms with E-state index in [4.69, 9.17) is 0 Å². The SMILES string of the molecule is CC(CCc1ccccc1)NC(=O)c1cncn1-c1ccc(-c2cc(C(F)(F)F)cc(C(F)(F)F)c2)cc1. The molecule has 3 aromatic carbocycles. The van der Waals surface area contributed by atoms with Crippen LogP contribution in [-0.4, -0.2) is 21.5 Å². The maximum absolute atomic E-state index is 13.2. The van der Waals surface area contributed by atoms with E-state index in [1.54, 1.807) is 0 Å². The summed E-state index contributed by atoms with van der Waals surface area (Å²) >= 11 is 0. The Balaban J connectivity index is 1.52. The topological polar surface area (TPSA) is 46.9 Å². The van der Waals surface area contributed by atoms with Crippen LogP contribution in [-0.2, 0) is 18.8 Å². The van der Waals surface area contributed by atoms with Crippen molar-refractivity contribution in [1.29, 1.82) is 0 Å². The minimum Gasteiger partial charge on any atom is -0.348 e. The molecule has 0 fully saturated rings. The summed E-state index contributed by atoms with van der Waals surface area (Å²) in [7, 11) is 0. The highest BCUT2D eigenvalue weighted by atomic mass is 19.4. The molecule has 1 N–H and O–H groups in total. The molecule has 4 rings (SSSR count). The van der Waals surface area contributed by atoms with Crippen LogP contribution in [0.4, 0.5) is 26.3 Å². The predicted octanol–water partition coefficient (Wildman–Crippen LogP) is 7.33. The summed E-state index contributed by atoms with van der Waals surface area (Å²) in [6.07, 6.45) is -5.58. The van der Waals surface area contributed by atoms with Gasteiger partial charge in [0.2, 0.25) is 0 Å². The second-order valence-electron chi connectivity index (χ2n) is 8.89. The maximum Gasteiger partial charge on any atom is 0.416 e. The average molecular weight is 532 g/mol. The average Bonchev–Trinajstić information content (AvgIpc) is 3.37. The third-order valence-electron chi connectivity index (χ3n) is 6.02. The first-order valence-corrected chi connectivity index (χ1v) is 11.7. The van der Waals surface area contributed by atoms with Gasteiger partial charge in [0.25, 0.3) is 5.91 Å². The number of halogens is 6. The van der Waals surface area contributed by atoms with Crippen molar-refractivity contribution in [3.05, 3.63) is 108 Å². The zero-order valence-corrected chi connectivity index (χ0v) is 20.1. The molecular weight excluding hydrogens is 508 g/mol. The minimum absolute atomic E-state index is 0.0924. The van der Waals surface area contributed by atoms with Gasteiger partial charge in [0, 0.05) is 11.7 Å². The first-order valence-electron chi connectivity index (χ1n) is 11.7. The van der Waals surface area contributed by atoms with Crippen molar-refractivity contribution in [3.8, 4) is 16.8 Å². The first-order chi connectivity index (χ1) is 17.9. The summed E-state index contributed by atoms with van der Waals surface area (Å²) in [5, 5.41) is 2.93. The van der Waals surface area contributed by atoms with Gasteiger partial charge in [-0.1, -0.05) is 42.5 Å². The van der Waals surface area contributed by atoms with E-state index in [0.29, 0.717) is 17.8 Å². The highest BCUT2D eigenvalue weighted by molar-refractivity contribution is 5.93. The fraction of sp³-hybridized carbons (Fsp3) is 0.214. The summed E-state index contributed by atoms with van der Waals surface area (Å²) in [5.41, 5.74) is -0.982. The summed E-state index contributed by atoms with van der Waals surface area (Å²) in [6, 6.07) is 17.0. The smallest absolute Gasteiger partial charge is 0.348 e. The molecule has 0 saturated carbocycles. The van der Waals surface area contributed by atoms with Gasteiger partial charge in [-0.15, -0.1) is 0 Å². The predicted molar refractivity (Wildman–Crippen MR) is 131 cm³/mol. The van der Waals surface area contributed by atoms with Crippen LogP contribution in [0, 0.1) is 0 Å². The van der Waals surface area contributed by atoms with Gasteiger partial charge < -0.3 is 5.32 Å². The second-order valence-corrected chi connectivity index (χ2v) is 8.89. The minimum atomic E-state index is -4.94. The van der Waals surface area contributed by atoms with Crippen molar-refractivity contribution in [1.82, 2.24) is 14.9 Å². The molecular formula is C28H23F6N3O. The molecule has 0 aliphatic rings. The van der Waals surface area contributed by atoms with E-state index in [9.17, 15) is 31.1 Å². The molecule has 1 heterocycles. The number of hydrogen-bond donors (Lipinski definition) is 1. The molecule has 1 unspecified atom stereocenters. The molecule has 0 aliphatic heterocycles. The van der Waals surface area contributed by atoms with Crippen molar-refractivity contribution in [2.75, 3.05) is 0 Å². The quantitative estimate of drug-likeness (QED) is 0.254. The summed E-state index contributed by atoms with van der Waals surface area (Å²) in [5.74, 6) is -0.361. The lowest BCUT2D eigenvalue weighted by Crippen LogP contribution is -2.34. The number of benzene rings is 3. The third kappa shape index (κ3) is 6.42. The van der Waals surface area contributed by atoms with E-state index in [0.717, 1.165) is 18.4 Å². The number of alkyl halides is 6. The van der Waals surface area contributed by atoms with E-state index >= 15 is 0 Å². The van der Waals surface area contributed by atoms with Gasteiger partial charge in [-0.2, -0.15) is 26.3 Å². The lowest BCUT2D eigenvalue weighted by Gasteiger charge is -2.16. The fourth-order valence-corrected chi connectivity index (χ4v) is 4.00. The lowest BCUT2D eigenvalue weighted by molar-refractivity contribution is -0.143. The molecule has 10 heteroatoms. The van der Waals surface area contributed by atoms with Crippen molar-refractivity contribution in [2.45, 2.75) is 38.2 Å². The summed E-state index contributed by atoms with van der Waals surface area (Å²) < 4.78 is 80.9. The molecule has 1 amide bonds. The lowest BCUT2D eigenvalue weighted by atomic mass is 9.99. The monoisotopic (exact) mass is 531 g/mol. The van der Waals surface area contributed by atoms with Crippen LogP contribution in [0.25, 0.3) is 16.8 Å². The highest BCUT2D eigenvalue weighted by Crippen LogP contribution is 2.38. The Labute approximate surface area is 215 Å². The molecule has 4 nitrogen and oxygen atoms in total. The number of carbonyl (C=O) groups is 1. The number of aryl methyl sites for hydroxylation is 1. The van der Waals surface area contributed by atoms with Gasteiger partial charge in [-0.3, -0.25) is 9.36 Å². The van der Waals surface area contributed by atoms with Crippen LogP contribution in [0.15, 0.2) is 85.3 Å². The highest BCUT2D eigenvalue weighted by Gasteiger charge is 2.37. The van der Waals surface area contributed by atoms with E-state index < -0.39 is 23.5 Å². The van der Waals surface area contributed by atoms with Crippen molar-refractivity contribution >= 4 is 5.91 Å². The number of aromatic nitrogens is 2. The molecule has 0 bridgehead atoms. The number of rotatable bonds is 7. The molecule has 0 spiro atoms. The van der Waals surface area contributed by atoms with Crippen LogP contribution in [0.1, 0.15) is 40.5 Å². The van der Waals surface area contributed by atoms with Gasteiger partial charge in [-0.25, -0.2) is 4.98 Å². The van der Waals surface area contributed by atoms with E-state index in [1.807, 2.05) is 37.3 Å². The van der Waals surface area contributed by atoms with Gasteiger partial charge >= 0.3 is 12.4 Å². The number of carbonyl (C=O) groups excluding carboxylic acids is 1. The van der Waals surface area contributed by atoms with E-state index in [1.165, 1.54) is 41.4 Å². The van der Waals surface area contributed by atoms with Crippen LogP contribution >= 0.6 is 0 Å². The standard InChI is InChI=1S/C28H23F6N3O/c1-18(7-8-19-5-3-2-4-6-19)36-26(38)25-16-35-17-37(25)24-11-9-20(10-12-24)21-13-22(27(29,30)31)15-23(14-21)28(32,33)34/h2-6,9-18H,7-8H2,1H3,(H,36,38). The van der Waals surface area contributed by atoms with E-state index in [-0.39, 0.29) is 34.8 Å². The molecule has 4 aromatic rings. The first kappa shape index (κ1) is 27.0. The molecule has 0 radical (unpaired) electrons. The van der Waals surface area contributed by atoms with Gasteiger partial charge in [0.15, 0.2) is 0 Å². The second kappa shape index (κ2) is 10.7. The Morgan fingerprint density at radius 2 is 1.47 bits per heavy atom. The Bertz CT molecular complexity index is 1360. The summed E-state index contributed by atoms with van der Waals surface area (Å²) in [4.78, 5) is 16.9. The zero-order valence-electron chi connectivity index (χ0n) is 20.1. The Morgan fingerprint density at radius 3 is 2.05 bits per heavy atom. The number of amides is 1. The summed E-state index contributed by atoms with van der Waals surface area (Å²) in [6.45, 7) is 1.89. The normalized spacial score (nSPS) is 12.8. The van der Waals surface area contributed by atoms with E-state index in [2.05, 4.69) is 10.3 Å². The molecule has 1 aromatic heterocycles. The van der Waals surface area contributed by atoms with Crippen LogP contribution in [0.2, 0.25) is 0 Å². The number of imidazole rings is 1. The number of hydrogen-bond acceptors (Lipinski definition) is 2. The number of nitrogens with zero attached hydrogens (tertiary/aromatic N) is 2. The Kier molecular flexibility index (Phi) is 7.61. The fourth-order valence-electron chi connectivity index (χ4n) is 4.00. The van der Waals surface area contributed by atoms with Gasteiger partial charge in [-0.05, 0) is 66.8 Å². The number of nitrogens with one attached hydrogen (secondary N) is 1. The van der Waals surface area contributed by atoms with Gasteiger partial charge in [0.1, 0.15) is 5.69 Å². The van der Waals surface area contributed by atoms with Crippen LogP contribution in [0.5, 0.6) is 0 Å². The van der Waals surface area contributed by atoms with Crippen molar-refractivity contribution < 1.29 is 31.1 Å². The third-order valence-corrected chi connectivity index (χ3v) is 6.02. The van der Waals surface area contributed by atoms with Crippen LogP contribution in [0.3, 0.4) is 0 Å². The van der Waals surface area contributed by atoms with Crippen molar-refractivity contribution in [2.24, 2.45) is 0 Å². The largest absolute Gasteiger partial charge is 0.416 e. The van der Waals surface area contributed by atoms with Crippen molar-refractivity contribution in [3.63, 3.8) is 0 Å². The molecule has 0 aliphatic carbocycles. The Hall–Kier alpha value is -4.08. The molecule has 0 saturated heterocycles.